The third-order valence-electron chi connectivity index (χ3n) is 4.84. The molecule has 0 amide bonds. The van der Waals surface area contributed by atoms with Gasteiger partial charge in [0, 0.05) is 25.2 Å². The first-order valence-electron chi connectivity index (χ1n) is 8.65. The normalized spacial score (nSPS) is 19.9. The number of alkyl halides is 3. The Morgan fingerprint density at radius 2 is 1.81 bits per heavy atom. The maximum Gasteiger partial charge on any atom is 0.416 e. The van der Waals surface area contributed by atoms with Gasteiger partial charge in [0.2, 0.25) is 10.0 Å². The van der Waals surface area contributed by atoms with Gasteiger partial charge in [-0.15, -0.1) is 0 Å². The Morgan fingerprint density at radius 1 is 1.11 bits per heavy atom. The molecule has 0 spiro atoms. The van der Waals surface area contributed by atoms with Crippen LogP contribution in [0, 0.1) is 0 Å². The van der Waals surface area contributed by atoms with Crippen molar-refractivity contribution in [2.45, 2.75) is 36.5 Å². The maximum atomic E-state index is 12.8. The zero-order chi connectivity index (χ0) is 19.7. The SMILES string of the molecule is C[C@H](c1ccccc1)N1CC[C@@H](NS(=O)(=O)c2cccc(C(F)(F)F)c2)C1. The number of halogens is 3. The quantitative estimate of drug-likeness (QED) is 0.833. The van der Waals surface area contributed by atoms with Gasteiger partial charge in [0.15, 0.2) is 0 Å². The number of likely N-dealkylation sites (tertiary alicyclic amines) is 1. The van der Waals surface area contributed by atoms with Gasteiger partial charge in [-0.1, -0.05) is 36.4 Å². The second-order valence-corrected chi connectivity index (χ2v) is 8.43. The van der Waals surface area contributed by atoms with Crippen LogP contribution in [0.1, 0.15) is 30.5 Å². The highest BCUT2D eigenvalue weighted by atomic mass is 32.2. The van der Waals surface area contributed by atoms with Gasteiger partial charge in [-0.3, -0.25) is 4.90 Å². The Labute approximate surface area is 157 Å². The lowest BCUT2D eigenvalue weighted by atomic mass is 10.1. The molecule has 0 radical (unpaired) electrons. The zero-order valence-electron chi connectivity index (χ0n) is 14.8. The number of hydrogen-bond acceptors (Lipinski definition) is 3. The molecule has 0 unspecified atom stereocenters. The molecule has 2 atom stereocenters. The number of nitrogens with zero attached hydrogens (tertiary/aromatic N) is 1. The fraction of sp³-hybridized carbons (Fsp3) is 0.368. The summed E-state index contributed by atoms with van der Waals surface area (Å²) in [6.45, 7) is 3.28. The van der Waals surface area contributed by atoms with Gasteiger partial charge in [-0.25, -0.2) is 13.1 Å². The van der Waals surface area contributed by atoms with E-state index in [-0.39, 0.29) is 17.0 Å². The van der Waals surface area contributed by atoms with Gasteiger partial charge < -0.3 is 0 Å². The first kappa shape index (κ1) is 19.9. The number of hydrogen-bond donors (Lipinski definition) is 1. The van der Waals surface area contributed by atoms with Gasteiger partial charge in [0.05, 0.1) is 10.5 Å². The fourth-order valence-electron chi connectivity index (χ4n) is 3.30. The van der Waals surface area contributed by atoms with E-state index >= 15 is 0 Å². The van der Waals surface area contributed by atoms with Gasteiger partial charge in [0.25, 0.3) is 0 Å². The van der Waals surface area contributed by atoms with Crippen LogP contribution in [0.5, 0.6) is 0 Å². The summed E-state index contributed by atoms with van der Waals surface area (Å²) in [5.41, 5.74) is 0.162. The van der Waals surface area contributed by atoms with Gasteiger partial charge in [-0.2, -0.15) is 13.2 Å². The largest absolute Gasteiger partial charge is 0.416 e. The number of rotatable bonds is 5. The first-order valence-corrected chi connectivity index (χ1v) is 10.1. The van der Waals surface area contributed by atoms with E-state index in [4.69, 9.17) is 0 Å². The number of benzene rings is 2. The van der Waals surface area contributed by atoms with Crippen molar-refractivity contribution in [2.75, 3.05) is 13.1 Å². The third kappa shape index (κ3) is 4.69. The summed E-state index contributed by atoms with van der Waals surface area (Å²) in [6, 6.07) is 13.5. The van der Waals surface area contributed by atoms with E-state index in [1.165, 1.54) is 6.07 Å². The predicted molar refractivity (Wildman–Crippen MR) is 96.6 cm³/mol. The molecule has 0 saturated carbocycles. The average Bonchev–Trinajstić information content (AvgIpc) is 3.09. The summed E-state index contributed by atoms with van der Waals surface area (Å²) in [5, 5.41) is 0. The molecule has 0 aliphatic carbocycles. The van der Waals surface area contributed by atoms with Crippen molar-refractivity contribution in [3.63, 3.8) is 0 Å². The van der Waals surface area contributed by atoms with E-state index in [2.05, 4.69) is 16.5 Å². The van der Waals surface area contributed by atoms with Crippen LogP contribution < -0.4 is 4.72 Å². The topological polar surface area (TPSA) is 49.4 Å². The molecular weight excluding hydrogens is 377 g/mol. The monoisotopic (exact) mass is 398 g/mol. The Bertz CT molecular complexity index is 885. The van der Waals surface area contributed by atoms with Crippen LogP contribution in [-0.4, -0.2) is 32.4 Å². The summed E-state index contributed by atoms with van der Waals surface area (Å²) in [4.78, 5) is 1.79. The molecule has 1 heterocycles. The van der Waals surface area contributed by atoms with E-state index in [9.17, 15) is 21.6 Å². The van der Waals surface area contributed by atoms with Crippen LogP contribution in [0.3, 0.4) is 0 Å². The van der Waals surface area contributed by atoms with Gasteiger partial charge in [-0.05, 0) is 37.1 Å². The lowest BCUT2D eigenvalue weighted by Crippen LogP contribution is -2.37. The molecule has 1 fully saturated rings. The minimum atomic E-state index is -4.58. The molecule has 0 aromatic heterocycles. The summed E-state index contributed by atoms with van der Waals surface area (Å²) in [5.74, 6) is 0. The molecule has 3 rings (SSSR count). The third-order valence-corrected chi connectivity index (χ3v) is 6.36. The molecule has 1 N–H and O–H groups in total. The Morgan fingerprint density at radius 3 is 2.48 bits per heavy atom. The molecular formula is C19H21F3N2O2S. The summed E-state index contributed by atoms with van der Waals surface area (Å²) in [7, 11) is -4.02. The summed E-state index contributed by atoms with van der Waals surface area (Å²) >= 11 is 0. The molecule has 2 aromatic carbocycles. The molecule has 0 bridgehead atoms. The van der Waals surface area contributed by atoms with Crippen LogP contribution in [0.15, 0.2) is 59.5 Å². The van der Waals surface area contributed by atoms with Crippen LogP contribution in [0.2, 0.25) is 0 Å². The highest BCUT2D eigenvalue weighted by Gasteiger charge is 2.33. The maximum absolute atomic E-state index is 12.8. The van der Waals surface area contributed by atoms with Crippen molar-refractivity contribution in [3.05, 3.63) is 65.7 Å². The van der Waals surface area contributed by atoms with Crippen LogP contribution in [-0.2, 0) is 16.2 Å². The van der Waals surface area contributed by atoms with E-state index < -0.39 is 21.8 Å². The summed E-state index contributed by atoms with van der Waals surface area (Å²) < 4.78 is 66.1. The van der Waals surface area contributed by atoms with Crippen LogP contribution in [0.25, 0.3) is 0 Å². The van der Waals surface area contributed by atoms with Gasteiger partial charge in [0.1, 0.15) is 0 Å². The Kier molecular flexibility index (Phi) is 5.60. The van der Waals surface area contributed by atoms with Crippen molar-refractivity contribution >= 4 is 10.0 Å². The Hall–Kier alpha value is -1.90. The first-order chi connectivity index (χ1) is 12.7. The minimum absolute atomic E-state index is 0.134. The van der Waals surface area contributed by atoms with Crippen molar-refractivity contribution in [3.8, 4) is 0 Å². The smallest absolute Gasteiger partial charge is 0.295 e. The summed E-state index contributed by atoms with van der Waals surface area (Å²) in [6.07, 6.45) is -3.98. The van der Waals surface area contributed by atoms with Crippen LogP contribution in [0.4, 0.5) is 13.2 Å². The average molecular weight is 398 g/mol. The highest BCUT2D eigenvalue weighted by molar-refractivity contribution is 7.89. The van der Waals surface area contributed by atoms with Crippen molar-refractivity contribution < 1.29 is 21.6 Å². The molecule has 1 aliphatic heterocycles. The standard InChI is InChI=1S/C19H21F3N2O2S/c1-14(15-6-3-2-4-7-15)24-11-10-17(13-24)23-27(25,26)18-9-5-8-16(12-18)19(20,21)22/h2-9,12,14,17,23H,10-11,13H2,1H3/t14-,17-/m1/s1. The van der Waals surface area contributed by atoms with Crippen molar-refractivity contribution in [2.24, 2.45) is 0 Å². The van der Waals surface area contributed by atoms with E-state index in [0.717, 1.165) is 17.7 Å². The molecule has 1 saturated heterocycles. The van der Waals surface area contributed by atoms with Crippen molar-refractivity contribution in [1.29, 1.82) is 0 Å². The zero-order valence-corrected chi connectivity index (χ0v) is 15.6. The van der Waals surface area contributed by atoms with E-state index in [1.54, 1.807) is 0 Å². The fourth-order valence-corrected chi connectivity index (χ4v) is 4.61. The van der Waals surface area contributed by atoms with E-state index in [0.29, 0.717) is 25.6 Å². The molecule has 8 heteroatoms. The molecule has 2 aromatic rings. The molecule has 4 nitrogen and oxygen atoms in total. The molecule has 146 valence electrons. The number of nitrogens with one attached hydrogen (secondary N) is 1. The van der Waals surface area contributed by atoms with E-state index in [1.807, 2.05) is 30.3 Å². The lowest BCUT2D eigenvalue weighted by Gasteiger charge is -2.24. The van der Waals surface area contributed by atoms with Crippen LogP contribution >= 0.6 is 0 Å². The lowest BCUT2D eigenvalue weighted by molar-refractivity contribution is -0.137. The van der Waals surface area contributed by atoms with Gasteiger partial charge >= 0.3 is 6.18 Å². The Balaban J connectivity index is 1.69. The second kappa shape index (κ2) is 7.61. The molecule has 1 aliphatic rings. The predicted octanol–water partition coefficient (Wildman–Crippen LogP) is 3.82. The van der Waals surface area contributed by atoms with Crippen molar-refractivity contribution in [1.82, 2.24) is 9.62 Å². The number of sulfonamides is 1. The second-order valence-electron chi connectivity index (χ2n) is 6.71. The molecule has 27 heavy (non-hydrogen) atoms. The minimum Gasteiger partial charge on any atom is -0.295 e. The highest BCUT2D eigenvalue weighted by Crippen LogP contribution is 2.31.